The van der Waals surface area contributed by atoms with Gasteiger partial charge in [-0.1, -0.05) is 297 Å². The van der Waals surface area contributed by atoms with Crippen LogP contribution in [0.25, 0.3) is 99.5 Å². The van der Waals surface area contributed by atoms with E-state index in [2.05, 4.69) is 366 Å². The van der Waals surface area contributed by atoms with E-state index in [1.807, 2.05) is 6.07 Å². The summed E-state index contributed by atoms with van der Waals surface area (Å²) < 4.78 is 80.5. The Balaban J connectivity index is 1.11. The standard InChI is InChI=1S/C105H106BN5/c1-99(2,3)69-45-51-88-82(55-69)83-56-70(100(4,5)6)46-52-89(83)109(88)75-48-50-85-91(64-75)111(98-80(67-39-29-24-30-40-67)59-72(102(10,11)12)60-81(98)68-53-94(104(16,17)18)107-95(54-68)105(19,20)21)93-62-73(103(13,14)15)61-92-96(93)106(85)84-49-47-74(108-86-43-33-31-41-76(86)77-42-32-34-44-87(77)108)63-90(84)110(92)97-78(65-35-25-22-26-36-65)57-71(101(7,8)9)58-79(97)66-37-27-23-28-38-66/h22-64H,1-21H3/i31D,32D,33D,34D,41D,42D,43D,44D. The van der Waals surface area contributed by atoms with E-state index in [9.17, 15) is 8.22 Å². The quantitative estimate of drug-likeness (QED) is 0.142. The number of pyridine rings is 1. The van der Waals surface area contributed by atoms with Gasteiger partial charge in [-0.25, -0.2) is 0 Å². The highest BCUT2D eigenvalue weighted by Gasteiger charge is 2.47. The second-order valence-corrected chi connectivity index (χ2v) is 38.4. The lowest BCUT2D eigenvalue weighted by atomic mass is 9.33. The number of benzene rings is 12. The molecular weight excluding hydrogens is 1340 g/mol. The van der Waals surface area contributed by atoms with Crippen molar-refractivity contribution >= 4 is 101 Å². The predicted octanol–water partition coefficient (Wildman–Crippen LogP) is 27.1. The van der Waals surface area contributed by atoms with Gasteiger partial charge in [0, 0.05) is 100 Å². The van der Waals surface area contributed by atoms with Crippen LogP contribution in [-0.2, 0) is 37.9 Å². The Hall–Kier alpha value is -10.9. The third-order valence-corrected chi connectivity index (χ3v) is 23.3. The summed E-state index contributed by atoms with van der Waals surface area (Å²) in [6.45, 7) is 47.5. The van der Waals surface area contributed by atoms with E-state index in [0.29, 0.717) is 5.69 Å². The van der Waals surface area contributed by atoms with Crippen LogP contribution < -0.4 is 26.2 Å². The molecule has 111 heavy (non-hydrogen) atoms. The van der Waals surface area contributed by atoms with Crippen molar-refractivity contribution in [1.82, 2.24) is 14.1 Å². The van der Waals surface area contributed by atoms with Crippen molar-refractivity contribution in [3.05, 3.63) is 300 Å². The fourth-order valence-electron chi connectivity index (χ4n) is 16.9. The second kappa shape index (κ2) is 25.8. The predicted molar refractivity (Wildman–Crippen MR) is 480 cm³/mol. The normalized spacial score (nSPS) is 14.6. The first-order chi connectivity index (χ1) is 55.8. The molecule has 17 rings (SSSR count). The molecule has 2 aliphatic rings. The number of nitrogens with zero attached hydrogens (tertiary/aromatic N) is 5. The van der Waals surface area contributed by atoms with Crippen LogP contribution in [-0.4, -0.2) is 20.8 Å². The third-order valence-electron chi connectivity index (χ3n) is 23.3. The summed E-state index contributed by atoms with van der Waals surface area (Å²) in [5, 5.41) is 2.38. The van der Waals surface area contributed by atoms with E-state index in [1.54, 1.807) is 4.57 Å². The zero-order valence-corrected chi connectivity index (χ0v) is 68.5. The molecule has 5 nitrogen and oxygen atoms in total. The molecular formula is C105H106BN5. The molecule has 5 heterocycles. The average Bonchev–Trinajstić information content (AvgIpc) is 1.68. The maximum absolute atomic E-state index is 9.95. The smallest absolute Gasteiger partial charge is 0.252 e. The van der Waals surface area contributed by atoms with E-state index >= 15 is 0 Å². The molecule has 6 heteroatoms. The number of hydrogen-bond donors (Lipinski definition) is 0. The van der Waals surface area contributed by atoms with Gasteiger partial charge in [-0.15, -0.1) is 0 Å². The molecule has 15 aromatic rings. The number of hydrogen-bond acceptors (Lipinski definition) is 3. The van der Waals surface area contributed by atoms with Crippen LogP contribution in [0.5, 0.6) is 0 Å². The van der Waals surface area contributed by atoms with Crippen molar-refractivity contribution in [1.29, 1.82) is 0 Å². The molecule has 3 aromatic heterocycles. The second-order valence-electron chi connectivity index (χ2n) is 38.4. The molecule has 0 unspecified atom stereocenters. The van der Waals surface area contributed by atoms with Crippen LogP contribution >= 0.6 is 0 Å². The zero-order chi connectivity index (χ0) is 85.1. The number of para-hydroxylation sites is 2. The molecule has 0 N–H and O–H groups in total. The van der Waals surface area contributed by atoms with Crippen molar-refractivity contribution in [2.24, 2.45) is 0 Å². The van der Waals surface area contributed by atoms with E-state index in [-0.39, 0.29) is 66.4 Å². The SMILES string of the molecule is [2H]c1c([2H])c([2H])c2c(c1[2H])c1c([2H])c([2H])c([2H])c([2H])c1n2-c1ccc2c(c1)N(c1c(-c3ccccc3)cc(C(C)(C)C)cc1-c1ccccc1)c1cc(C(C)(C)C)cc3c1B2c1ccc(-n2c4ccc(C(C)(C)C)cc4c4cc(C(C)(C)C)ccc42)cc1N3c1c(-c2ccccc2)cc(C(C)(C)C)cc1-c1cc(C(C)(C)C)nc(C(C)(C)C)c1. The van der Waals surface area contributed by atoms with E-state index in [1.165, 1.54) is 27.5 Å². The largest absolute Gasteiger partial charge is 0.310 e. The number of aromatic nitrogens is 3. The molecule has 0 saturated heterocycles. The molecule has 2 aliphatic heterocycles. The molecule has 0 spiro atoms. The van der Waals surface area contributed by atoms with Crippen LogP contribution in [0.4, 0.5) is 34.1 Å². The zero-order valence-electron chi connectivity index (χ0n) is 76.5. The van der Waals surface area contributed by atoms with Crippen molar-refractivity contribution in [2.45, 2.75) is 183 Å². The van der Waals surface area contributed by atoms with Crippen molar-refractivity contribution < 1.29 is 11.0 Å². The van der Waals surface area contributed by atoms with Crippen LogP contribution in [0.3, 0.4) is 0 Å². The average molecular weight is 1460 g/mol. The fourth-order valence-corrected chi connectivity index (χ4v) is 16.9. The topological polar surface area (TPSA) is 29.2 Å². The minimum atomic E-state index is -0.531. The van der Waals surface area contributed by atoms with Crippen molar-refractivity contribution in [2.75, 3.05) is 9.80 Å². The van der Waals surface area contributed by atoms with Crippen molar-refractivity contribution in [3.8, 4) is 55.9 Å². The lowest BCUT2D eigenvalue weighted by molar-refractivity contribution is 0.531. The molecule has 0 saturated carbocycles. The van der Waals surface area contributed by atoms with E-state index in [0.717, 1.165) is 134 Å². The van der Waals surface area contributed by atoms with Crippen LogP contribution in [0.1, 0.15) is 196 Å². The van der Waals surface area contributed by atoms with Gasteiger partial charge in [0.15, 0.2) is 0 Å². The van der Waals surface area contributed by atoms with Gasteiger partial charge in [-0.2, -0.15) is 0 Å². The lowest BCUT2D eigenvalue weighted by Crippen LogP contribution is -2.61. The molecule has 0 bridgehead atoms. The van der Waals surface area contributed by atoms with Gasteiger partial charge in [0.05, 0.1) is 44.4 Å². The van der Waals surface area contributed by atoms with Gasteiger partial charge < -0.3 is 18.9 Å². The van der Waals surface area contributed by atoms with Crippen LogP contribution in [0.2, 0.25) is 0 Å². The Morgan fingerprint density at radius 2 is 0.613 bits per heavy atom. The summed E-state index contributed by atoms with van der Waals surface area (Å²) in [4.78, 5) is 10.7. The first-order valence-corrected chi connectivity index (χ1v) is 39.5. The maximum Gasteiger partial charge on any atom is 0.252 e. The Kier molecular flexibility index (Phi) is 14.8. The number of fused-ring (bicyclic) bond motifs is 10. The van der Waals surface area contributed by atoms with E-state index in [4.69, 9.17) is 7.73 Å². The lowest BCUT2D eigenvalue weighted by Gasteiger charge is -2.47. The Labute approximate surface area is 671 Å². The summed E-state index contributed by atoms with van der Waals surface area (Å²) in [7, 11) is 0. The molecule has 0 radical (unpaired) electrons. The third kappa shape index (κ3) is 12.5. The van der Waals surface area contributed by atoms with Crippen molar-refractivity contribution in [3.63, 3.8) is 0 Å². The molecule has 0 amide bonds. The Morgan fingerprint density at radius 1 is 0.279 bits per heavy atom. The molecule has 0 aliphatic carbocycles. The highest BCUT2D eigenvalue weighted by molar-refractivity contribution is 7.00. The monoisotopic (exact) mass is 1460 g/mol. The van der Waals surface area contributed by atoms with Gasteiger partial charge >= 0.3 is 0 Å². The molecule has 554 valence electrons. The summed E-state index contributed by atoms with van der Waals surface area (Å²) >= 11 is 0. The van der Waals surface area contributed by atoms with Gasteiger partial charge in [0.25, 0.3) is 6.71 Å². The highest BCUT2D eigenvalue weighted by atomic mass is 15.2. The Bertz CT molecular complexity index is 6500. The number of anilines is 6. The van der Waals surface area contributed by atoms with Gasteiger partial charge in [-0.05, 0) is 203 Å². The molecule has 0 fully saturated rings. The van der Waals surface area contributed by atoms with E-state index < -0.39 is 48.4 Å². The fraction of sp³-hybridized carbons (Fsp3) is 0.267. The summed E-state index contributed by atoms with van der Waals surface area (Å²) in [6, 6.07) is 75.8. The van der Waals surface area contributed by atoms with Crippen LogP contribution in [0.15, 0.2) is 261 Å². The maximum atomic E-state index is 9.95. The summed E-state index contributed by atoms with van der Waals surface area (Å²) in [5.74, 6) is 0. The summed E-state index contributed by atoms with van der Waals surface area (Å²) in [6.07, 6.45) is 0. The summed E-state index contributed by atoms with van der Waals surface area (Å²) in [5.41, 5.74) is 26.1. The molecule has 0 atom stereocenters. The highest BCUT2D eigenvalue weighted by Crippen LogP contribution is 2.56. The van der Waals surface area contributed by atoms with Gasteiger partial charge in [0.2, 0.25) is 0 Å². The number of rotatable bonds is 8. The minimum Gasteiger partial charge on any atom is -0.310 e. The van der Waals surface area contributed by atoms with Gasteiger partial charge in [-0.3, -0.25) is 4.98 Å². The van der Waals surface area contributed by atoms with Gasteiger partial charge in [0.1, 0.15) is 0 Å². The first-order valence-electron chi connectivity index (χ1n) is 43.5. The Morgan fingerprint density at radius 3 is 0.964 bits per heavy atom. The van der Waals surface area contributed by atoms with Crippen LogP contribution in [0, 0.1) is 0 Å². The first kappa shape index (κ1) is 63.8. The molecule has 12 aromatic carbocycles. The minimum absolute atomic E-state index is 0.0123.